The summed E-state index contributed by atoms with van der Waals surface area (Å²) in [5, 5.41) is 7.22. The first-order valence-electron chi connectivity index (χ1n) is 4.43. The van der Waals surface area contributed by atoms with Crippen molar-refractivity contribution in [2.24, 2.45) is 7.05 Å². The van der Waals surface area contributed by atoms with Crippen LogP contribution < -0.4 is 5.32 Å². The molecule has 84 valence electrons. The number of aryl methyl sites for hydroxylation is 2. The van der Waals surface area contributed by atoms with E-state index in [-0.39, 0.29) is 5.91 Å². The molecule has 2 rings (SSSR count). The number of carbonyl (C=O) groups is 1. The number of hydrogen-bond donors (Lipinski definition) is 1. The zero-order chi connectivity index (χ0) is 11.9. The molecule has 7 heteroatoms. The van der Waals surface area contributed by atoms with E-state index in [1.54, 1.807) is 17.8 Å². The van der Waals surface area contributed by atoms with Crippen LogP contribution in [0.3, 0.4) is 0 Å². The van der Waals surface area contributed by atoms with Crippen LogP contribution in [0.2, 0.25) is 5.15 Å². The SMILES string of the molecule is Cc1nn(C)c(Cl)c1/C=C1/SC(=S)NC1=O. The van der Waals surface area contributed by atoms with E-state index in [0.717, 1.165) is 11.3 Å². The molecule has 1 saturated heterocycles. The van der Waals surface area contributed by atoms with Crippen molar-refractivity contribution in [2.45, 2.75) is 6.92 Å². The standard InChI is InChI=1S/C9H8ClN3OS2/c1-4-5(7(10)13(2)12-4)3-6-8(14)11-9(15)16-6/h3H,1-2H3,(H,11,14,15)/b6-3+. The lowest BCUT2D eigenvalue weighted by molar-refractivity contribution is -0.115. The predicted molar refractivity (Wildman–Crippen MR) is 69.3 cm³/mol. The minimum Gasteiger partial charge on any atom is -0.307 e. The van der Waals surface area contributed by atoms with Gasteiger partial charge < -0.3 is 5.32 Å². The average Bonchev–Trinajstić information content (AvgIpc) is 2.62. The molecule has 1 aromatic heterocycles. The summed E-state index contributed by atoms with van der Waals surface area (Å²) in [5.41, 5.74) is 1.54. The Labute approximate surface area is 107 Å². The zero-order valence-corrected chi connectivity index (χ0v) is 11.0. The minimum atomic E-state index is -0.186. The maximum Gasteiger partial charge on any atom is 0.263 e. The second kappa shape index (κ2) is 4.20. The smallest absolute Gasteiger partial charge is 0.263 e. The second-order valence-electron chi connectivity index (χ2n) is 3.27. The number of nitrogens with one attached hydrogen (secondary N) is 1. The van der Waals surface area contributed by atoms with E-state index in [4.69, 9.17) is 23.8 Å². The maximum absolute atomic E-state index is 11.5. The molecule has 4 nitrogen and oxygen atoms in total. The summed E-state index contributed by atoms with van der Waals surface area (Å²) < 4.78 is 2.04. The number of carbonyl (C=O) groups excluding carboxylic acids is 1. The lowest BCUT2D eigenvalue weighted by Gasteiger charge is -1.94. The Hall–Kier alpha value is -0.850. The lowest BCUT2D eigenvalue weighted by atomic mass is 10.2. The van der Waals surface area contributed by atoms with E-state index in [1.165, 1.54) is 11.8 Å². The van der Waals surface area contributed by atoms with Gasteiger partial charge in [0.2, 0.25) is 0 Å². The predicted octanol–water partition coefficient (Wildman–Crippen LogP) is 1.87. The van der Waals surface area contributed by atoms with Crippen molar-refractivity contribution < 1.29 is 4.79 Å². The van der Waals surface area contributed by atoms with E-state index in [9.17, 15) is 4.79 Å². The molecule has 0 radical (unpaired) electrons. The van der Waals surface area contributed by atoms with Gasteiger partial charge in [-0.05, 0) is 13.0 Å². The van der Waals surface area contributed by atoms with Gasteiger partial charge in [-0.2, -0.15) is 5.10 Å². The third-order valence-corrected chi connectivity index (χ3v) is 3.72. The van der Waals surface area contributed by atoms with Gasteiger partial charge in [0, 0.05) is 12.6 Å². The molecule has 1 aliphatic rings. The van der Waals surface area contributed by atoms with Crippen molar-refractivity contribution >= 4 is 51.9 Å². The van der Waals surface area contributed by atoms with Gasteiger partial charge in [0.15, 0.2) is 0 Å². The molecule has 2 heterocycles. The summed E-state index contributed by atoms with van der Waals surface area (Å²) in [6.45, 7) is 1.84. The highest BCUT2D eigenvalue weighted by Crippen LogP contribution is 2.29. The van der Waals surface area contributed by atoms with Crippen LogP contribution >= 0.6 is 35.6 Å². The molecular formula is C9H8ClN3OS2. The van der Waals surface area contributed by atoms with Gasteiger partial charge in [0.25, 0.3) is 5.91 Å². The monoisotopic (exact) mass is 273 g/mol. The first-order chi connectivity index (χ1) is 7.49. The van der Waals surface area contributed by atoms with Crippen LogP contribution in [-0.4, -0.2) is 20.0 Å². The third kappa shape index (κ3) is 2.00. The van der Waals surface area contributed by atoms with Crippen molar-refractivity contribution in [2.75, 3.05) is 0 Å². The van der Waals surface area contributed by atoms with Crippen molar-refractivity contribution in [1.29, 1.82) is 0 Å². The fourth-order valence-electron chi connectivity index (χ4n) is 1.36. The van der Waals surface area contributed by atoms with Crippen LogP contribution in [0.1, 0.15) is 11.3 Å². The Balaban J connectivity index is 2.43. The van der Waals surface area contributed by atoms with Crippen molar-refractivity contribution in [3.8, 4) is 0 Å². The second-order valence-corrected chi connectivity index (χ2v) is 5.34. The normalized spacial score (nSPS) is 18.3. The molecule has 1 amide bonds. The number of thiocarbonyl (C=S) groups is 1. The Morgan fingerprint density at radius 2 is 2.31 bits per heavy atom. The van der Waals surface area contributed by atoms with E-state index in [1.807, 2.05) is 6.92 Å². The van der Waals surface area contributed by atoms with Crippen LogP contribution in [-0.2, 0) is 11.8 Å². The van der Waals surface area contributed by atoms with Crippen molar-refractivity contribution in [3.63, 3.8) is 0 Å². The number of aromatic nitrogens is 2. The van der Waals surface area contributed by atoms with Gasteiger partial charge in [-0.25, -0.2) is 0 Å². The molecule has 1 N–H and O–H groups in total. The Bertz CT molecular complexity index is 521. The summed E-state index contributed by atoms with van der Waals surface area (Å²) in [5.74, 6) is -0.186. The molecule has 0 atom stereocenters. The molecule has 1 aliphatic heterocycles. The molecule has 16 heavy (non-hydrogen) atoms. The average molecular weight is 274 g/mol. The van der Waals surface area contributed by atoms with Gasteiger partial charge >= 0.3 is 0 Å². The molecule has 0 unspecified atom stereocenters. The van der Waals surface area contributed by atoms with Crippen LogP contribution in [0, 0.1) is 6.92 Å². The first kappa shape index (κ1) is 11.6. The molecule has 0 aromatic carbocycles. The van der Waals surface area contributed by atoms with Crippen molar-refractivity contribution in [1.82, 2.24) is 15.1 Å². The summed E-state index contributed by atoms with van der Waals surface area (Å²) >= 11 is 12.2. The number of thioether (sulfide) groups is 1. The maximum atomic E-state index is 11.5. The minimum absolute atomic E-state index is 0.186. The highest BCUT2D eigenvalue weighted by atomic mass is 35.5. The number of halogens is 1. The summed E-state index contributed by atoms with van der Waals surface area (Å²) in [7, 11) is 1.75. The lowest BCUT2D eigenvalue weighted by Crippen LogP contribution is -2.17. The summed E-state index contributed by atoms with van der Waals surface area (Å²) in [6.07, 6.45) is 1.71. The Morgan fingerprint density at radius 3 is 2.75 bits per heavy atom. The van der Waals surface area contributed by atoms with E-state index >= 15 is 0 Å². The third-order valence-electron chi connectivity index (χ3n) is 2.11. The number of amides is 1. The van der Waals surface area contributed by atoms with Gasteiger partial charge in [-0.1, -0.05) is 35.6 Å². The highest BCUT2D eigenvalue weighted by Gasteiger charge is 2.23. The largest absolute Gasteiger partial charge is 0.307 e. The van der Waals surface area contributed by atoms with Crippen LogP contribution in [0.4, 0.5) is 0 Å². The van der Waals surface area contributed by atoms with Crippen molar-refractivity contribution in [3.05, 3.63) is 21.3 Å². The zero-order valence-electron chi connectivity index (χ0n) is 8.57. The number of nitrogens with zero attached hydrogens (tertiary/aromatic N) is 2. The summed E-state index contributed by atoms with van der Waals surface area (Å²) in [4.78, 5) is 12.0. The number of hydrogen-bond acceptors (Lipinski definition) is 4. The first-order valence-corrected chi connectivity index (χ1v) is 6.03. The fraction of sp³-hybridized carbons (Fsp3) is 0.222. The molecular weight excluding hydrogens is 266 g/mol. The van der Waals surface area contributed by atoms with Crippen LogP contribution in [0.15, 0.2) is 4.91 Å². The number of rotatable bonds is 1. The molecule has 0 saturated carbocycles. The highest BCUT2D eigenvalue weighted by molar-refractivity contribution is 8.26. The quantitative estimate of drug-likeness (QED) is 0.627. The molecule has 1 fully saturated rings. The molecule has 0 bridgehead atoms. The van der Waals surface area contributed by atoms with E-state index in [2.05, 4.69) is 10.4 Å². The van der Waals surface area contributed by atoms with Crippen LogP contribution in [0.25, 0.3) is 6.08 Å². The van der Waals surface area contributed by atoms with Gasteiger partial charge in [0.1, 0.15) is 9.47 Å². The van der Waals surface area contributed by atoms with Gasteiger partial charge in [-0.15, -0.1) is 0 Å². The van der Waals surface area contributed by atoms with Gasteiger partial charge in [-0.3, -0.25) is 9.48 Å². The molecule has 0 spiro atoms. The van der Waals surface area contributed by atoms with Crippen LogP contribution in [0.5, 0.6) is 0 Å². The Morgan fingerprint density at radius 1 is 1.62 bits per heavy atom. The topological polar surface area (TPSA) is 46.9 Å². The molecule has 0 aliphatic carbocycles. The van der Waals surface area contributed by atoms with E-state index < -0.39 is 0 Å². The molecule has 1 aromatic rings. The Kier molecular flexibility index (Phi) is 3.05. The summed E-state index contributed by atoms with van der Waals surface area (Å²) in [6, 6.07) is 0. The van der Waals surface area contributed by atoms with Gasteiger partial charge in [0.05, 0.1) is 10.6 Å². The van der Waals surface area contributed by atoms with E-state index in [0.29, 0.717) is 14.4 Å². The fourth-order valence-corrected chi connectivity index (χ4v) is 2.62.